The van der Waals surface area contributed by atoms with Crippen molar-refractivity contribution in [2.24, 2.45) is 11.1 Å². The number of hydrogen-bond acceptors (Lipinski definition) is 2. The summed E-state index contributed by atoms with van der Waals surface area (Å²) in [6.45, 7) is 10.9. The molecule has 0 bridgehead atoms. The maximum absolute atomic E-state index is 6.25. The van der Waals surface area contributed by atoms with E-state index in [2.05, 4.69) is 56.9 Å². The first kappa shape index (κ1) is 14.4. The summed E-state index contributed by atoms with van der Waals surface area (Å²) < 4.78 is 0. The summed E-state index contributed by atoms with van der Waals surface area (Å²) >= 11 is 0. The van der Waals surface area contributed by atoms with Crippen LogP contribution in [-0.4, -0.2) is 18.6 Å². The van der Waals surface area contributed by atoms with Crippen LogP contribution in [0.25, 0.3) is 0 Å². The molecule has 0 amide bonds. The van der Waals surface area contributed by atoms with Crippen LogP contribution >= 0.6 is 0 Å². The zero-order valence-electron chi connectivity index (χ0n) is 12.9. The minimum Gasteiger partial charge on any atom is -0.364 e. The Balaban J connectivity index is 2.42. The second-order valence-corrected chi connectivity index (χ2v) is 6.55. The summed E-state index contributed by atoms with van der Waals surface area (Å²) in [4.78, 5) is 2.54. The standard InChI is InChI=1S/C17H28N2/c1-5-19(15-9-7-14(2)8-10-15)17(13-18)12-6-11-16(17,3)4/h7-10H,5-6,11-13,18H2,1-4H3. The average Bonchev–Trinajstić information content (AvgIpc) is 2.69. The van der Waals surface area contributed by atoms with Gasteiger partial charge in [-0.15, -0.1) is 0 Å². The Morgan fingerprint density at radius 2 is 1.79 bits per heavy atom. The molecule has 2 rings (SSSR count). The summed E-state index contributed by atoms with van der Waals surface area (Å²) in [5.74, 6) is 0. The van der Waals surface area contributed by atoms with E-state index in [1.165, 1.54) is 30.5 Å². The maximum atomic E-state index is 6.25. The fraction of sp³-hybridized carbons (Fsp3) is 0.647. The van der Waals surface area contributed by atoms with Crippen molar-refractivity contribution in [1.82, 2.24) is 0 Å². The normalized spacial score (nSPS) is 25.5. The van der Waals surface area contributed by atoms with Gasteiger partial charge in [0.1, 0.15) is 0 Å². The first-order chi connectivity index (χ1) is 8.97. The molecule has 0 saturated heterocycles. The minimum atomic E-state index is 0.108. The third-order valence-electron chi connectivity index (χ3n) is 5.17. The number of likely N-dealkylation sites (N-methyl/N-ethyl adjacent to an activating group) is 1. The highest BCUT2D eigenvalue weighted by atomic mass is 15.2. The fourth-order valence-corrected chi connectivity index (χ4v) is 3.84. The third-order valence-corrected chi connectivity index (χ3v) is 5.17. The second-order valence-electron chi connectivity index (χ2n) is 6.55. The molecule has 0 aromatic heterocycles. The molecule has 1 aromatic carbocycles. The van der Waals surface area contributed by atoms with E-state index < -0.39 is 0 Å². The zero-order chi connectivity index (χ0) is 14.1. The fourth-order valence-electron chi connectivity index (χ4n) is 3.84. The number of nitrogens with two attached hydrogens (primary N) is 1. The molecule has 1 aliphatic carbocycles. The molecule has 2 nitrogen and oxygen atoms in total. The van der Waals surface area contributed by atoms with E-state index in [1.54, 1.807) is 0 Å². The van der Waals surface area contributed by atoms with Crippen LogP contribution in [0.2, 0.25) is 0 Å². The number of aryl methyl sites for hydroxylation is 1. The molecule has 2 heteroatoms. The van der Waals surface area contributed by atoms with Crippen LogP contribution in [0.4, 0.5) is 5.69 Å². The summed E-state index contributed by atoms with van der Waals surface area (Å²) in [6, 6.07) is 8.88. The highest BCUT2D eigenvalue weighted by Gasteiger charge is 2.51. The summed E-state index contributed by atoms with van der Waals surface area (Å²) in [6.07, 6.45) is 3.76. The minimum absolute atomic E-state index is 0.108. The highest BCUT2D eigenvalue weighted by molar-refractivity contribution is 5.51. The van der Waals surface area contributed by atoms with Gasteiger partial charge in [0.25, 0.3) is 0 Å². The molecule has 0 spiro atoms. The number of nitrogens with zero attached hydrogens (tertiary/aromatic N) is 1. The molecule has 1 aromatic rings. The Hall–Kier alpha value is -1.02. The van der Waals surface area contributed by atoms with Crippen LogP contribution in [0.15, 0.2) is 24.3 Å². The van der Waals surface area contributed by atoms with E-state index >= 15 is 0 Å². The van der Waals surface area contributed by atoms with Crippen molar-refractivity contribution in [3.05, 3.63) is 29.8 Å². The molecule has 19 heavy (non-hydrogen) atoms. The van der Waals surface area contributed by atoms with Gasteiger partial charge in [-0.05, 0) is 44.2 Å². The molecule has 1 unspecified atom stereocenters. The van der Waals surface area contributed by atoms with Crippen molar-refractivity contribution in [2.75, 3.05) is 18.0 Å². The first-order valence-electron chi connectivity index (χ1n) is 7.51. The molecule has 1 saturated carbocycles. The van der Waals surface area contributed by atoms with Gasteiger partial charge >= 0.3 is 0 Å². The van der Waals surface area contributed by atoms with Crippen LogP contribution in [-0.2, 0) is 0 Å². The number of hydrogen-bond donors (Lipinski definition) is 1. The summed E-state index contributed by atoms with van der Waals surface area (Å²) in [7, 11) is 0. The predicted octanol–water partition coefficient (Wildman–Crippen LogP) is 3.73. The topological polar surface area (TPSA) is 29.3 Å². The SMILES string of the molecule is CCN(c1ccc(C)cc1)C1(CN)CCCC1(C)C. The first-order valence-corrected chi connectivity index (χ1v) is 7.51. The third kappa shape index (κ3) is 2.27. The maximum Gasteiger partial charge on any atom is 0.0574 e. The van der Waals surface area contributed by atoms with Gasteiger partial charge in [0.05, 0.1) is 5.54 Å². The largest absolute Gasteiger partial charge is 0.364 e. The summed E-state index contributed by atoms with van der Waals surface area (Å²) in [5, 5.41) is 0. The van der Waals surface area contributed by atoms with Crippen LogP contribution in [0, 0.1) is 12.3 Å². The summed E-state index contributed by atoms with van der Waals surface area (Å²) in [5.41, 5.74) is 9.26. The molecule has 1 atom stereocenters. The quantitative estimate of drug-likeness (QED) is 0.894. The van der Waals surface area contributed by atoms with Gasteiger partial charge in [-0.1, -0.05) is 38.0 Å². The Labute approximate surface area is 118 Å². The molecular formula is C17H28N2. The lowest BCUT2D eigenvalue weighted by atomic mass is 9.73. The number of rotatable bonds is 4. The van der Waals surface area contributed by atoms with Crippen LogP contribution in [0.5, 0.6) is 0 Å². The molecule has 0 heterocycles. The van der Waals surface area contributed by atoms with Crippen molar-refractivity contribution in [1.29, 1.82) is 0 Å². The predicted molar refractivity (Wildman–Crippen MR) is 83.6 cm³/mol. The molecule has 1 fully saturated rings. The van der Waals surface area contributed by atoms with Crippen molar-refractivity contribution in [2.45, 2.75) is 52.5 Å². The van der Waals surface area contributed by atoms with Crippen LogP contribution < -0.4 is 10.6 Å². The van der Waals surface area contributed by atoms with Gasteiger partial charge in [0.2, 0.25) is 0 Å². The Morgan fingerprint density at radius 3 is 2.21 bits per heavy atom. The Morgan fingerprint density at radius 1 is 1.16 bits per heavy atom. The molecule has 106 valence electrons. The second kappa shape index (κ2) is 5.16. The van der Waals surface area contributed by atoms with Gasteiger partial charge in [0, 0.05) is 18.8 Å². The van der Waals surface area contributed by atoms with Gasteiger partial charge in [-0.3, -0.25) is 0 Å². The molecule has 0 aliphatic heterocycles. The van der Waals surface area contributed by atoms with Gasteiger partial charge in [0.15, 0.2) is 0 Å². The van der Waals surface area contributed by atoms with E-state index in [0.717, 1.165) is 13.1 Å². The molecule has 2 N–H and O–H groups in total. The molecule has 1 aliphatic rings. The van der Waals surface area contributed by atoms with Crippen molar-refractivity contribution < 1.29 is 0 Å². The lowest BCUT2D eigenvalue weighted by Crippen LogP contribution is -2.60. The van der Waals surface area contributed by atoms with E-state index in [-0.39, 0.29) is 11.0 Å². The monoisotopic (exact) mass is 260 g/mol. The smallest absolute Gasteiger partial charge is 0.0574 e. The van der Waals surface area contributed by atoms with Crippen molar-refractivity contribution in [3.63, 3.8) is 0 Å². The van der Waals surface area contributed by atoms with E-state index in [1.807, 2.05) is 0 Å². The van der Waals surface area contributed by atoms with Crippen LogP contribution in [0.1, 0.15) is 45.6 Å². The van der Waals surface area contributed by atoms with Gasteiger partial charge in [-0.25, -0.2) is 0 Å². The lowest BCUT2D eigenvalue weighted by Gasteiger charge is -2.50. The van der Waals surface area contributed by atoms with Crippen molar-refractivity contribution >= 4 is 5.69 Å². The van der Waals surface area contributed by atoms with E-state index in [0.29, 0.717) is 0 Å². The zero-order valence-corrected chi connectivity index (χ0v) is 12.9. The Kier molecular flexibility index (Phi) is 3.91. The molecular weight excluding hydrogens is 232 g/mol. The van der Waals surface area contributed by atoms with E-state index in [4.69, 9.17) is 5.73 Å². The Bertz CT molecular complexity index is 421. The average molecular weight is 260 g/mol. The van der Waals surface area contributed by atoms with Crippen LogP contribution in [0.3, 0.4) is 0 Å². The number of anilines is 1. The van der Waals surface area contributed by atoms with Gasteiger partial charge < -0.3 is 10.6 Å². The lowest BCUT2D eigenvalue weighted by molar-refractivity contribution is 0.201. The highest BCUT2D eigenvalue weighted by Crippen LogP contribution is 2.50. The molecule has 0 radical (unpaired) electrons. The van der Waals surface area contributed by atoms with Crippen molar-refractivity contribution in [3.8, 4) is 0 Å². The number of benzene rings is 1. The van der Waals surface area contributed by atoms with E-state index in [9.17, 15) is 0 Å². The van der Waals surface area contributed by atoms with Gasteiger partial charge in [-0.2, -0.15) is 0 Å².